The highest BCUT2D eigenvalue weighted by molar-refractivity contribution is 7.80. The van der Waals surface area contributed by atoms with Crippen LogP contribution in [-0.2, 0) is 14.3 Å². The molecular weight excluding hydrogens is 398 g/mol. The van der Waals surface area contributed by atoms with E-state index in [1.165, 1.54) is 29.2 Å². The third kappa shape index (κ3) is 3.88. The van der Waals surface area contributed by atoms with Crippen molar-refractivity contribution in [2.45, 2.75) is 19.9 Å². The van der Waals surface area contributed by atoms with Crippen molar-refractivity contribution in [2.75, 3.05) is 12.0 Å². The Labute approximate surface area is 172 Å². The Kier molecular flexibility index (Phi) is 5.74. The number of methoxy groups -OCH3 is 1. The quantitative estimate of drug-likeness (QED) is 0.466. The lowest BCUT2D eigenvalue weighted by Gasteiger charge is -2.37. The first kappa shape index (κ1) is 20.6. The van der Waals surface area contributed by atoms with Crippen molar-refractivity contribution in [1.82, 2.24) is 5.32 Å². The van der Waals surface area contributed by atoms with Crippen LogP contribution >= 0.6 is 12.2 Å². The highest BCUT2D eigenvalue weighted by Gasteiger charge is 2.37. The first-order valence-electron chi connectivity index (χ1n) is 8.70. The van der Waals surface area contributed by atoms with Crippen LogP contribution in [0.4, 0.5) is 14.5 Å². The van der Waals surface area contributed by atoms with Crippen LogP contribution in [0.2, 0.25) is 0 Å². The Bertz CT molecular complexity index is 1050. The van der Waals surface area contributed by atoms with Gasteiger partial charge < -0.3 is 10.1 Å². The zero-order chi connectivity index (χ0) is 21.3. The van der Waals surface area contributed by atoms with Gasteiger partial charge in [0, 0.05) is 5.70 Å². The summed E-state index contributed by atoms with van der Waals surface area (Å²) in [5.41, 5.74) is 1.61. The zero-order valence-electron chi connectivity index (χ0n) is 16.0. The van der Waals surface area contributed by atoms with Gasteiger partial charge >= 0.3 is 5.97 Å². The molecule has 1 atom stereocenters. The molecule has 1 N–H and O–H groups in total. The number of carbonyl (C=O) groups excluding carboxylic acids is 2. The number of nitrogens with one attached hydrogen (secondary N) is 1. The smallest absolute Gasteiger partial charge is 0.379 e. The second-order valence-corrected chi connectivity index (χ2v) is 6.91. The summed E-state index contributed by atoms with van der Waals surface area (Å²) in [4.78, 5) is 26.3. The Morgan fingerprint density at radius 2 is 1.86 bits per heavy atom. The number of thiocarbonyl (C=S) groups is 1. The lowest BCUT2D eigenvalue weighted by Crippen LogP contribution is -2.48. The average Bonchev–Trinajstić information content (AvgIpc) is 2.69. The fraction of sp³-hybridized carbons (Fsp3) is 0.190. The third-order valence-electron chi connectivity index (χ3n) is 4.70. The van der Waals surface area contributed by atoms with Gasteiger partial charge in [0.2, 0.25) is 0 Å². The molecule has 150 valence electrons. The van der Waals surface area contributed by atoms with Crippen LogP contribution in [0.15, 0.2) is 53.7 Å². The molecular formula is C21H18F2N2O3S. The molecule has 0 radical (unpaired) electrons. The summed E-state index contributed by atoms with van der Waals surface area (Å²) in [6.07, 6.45) is 0. The van der Waals surface area contributed by atoms with Crippen LogP contribution in [0.3, 0.4) is 0 Å². The van der Waals surface area contributed by atoms with Gasteiger partial charge in [-0.05, 0) is 61.5 Å². The largest absolute Gasteiger partial charge is 0.463 e. The van der Waals surface area contributed by atoms with Crippen molar-refractivity contribution in [3.8, 4) is 0 Å². The van der Waals surface area contributed by atoms with Gasteiger partial charge in [0.25, 0.3) is 5.78 Å². The van der Waals surface area contributed by atoms with Crippen LogP contribution in [0.5, 0.6) is 0 Å². The summed E-state index contributed by atoms with van der Waals surface area (Å²) in [5, 5.41) is 3.15. The molecule has 0 saturated heterocycles. The molecule has 0 spiro atoms. The zero-order valence-corrected chi connectivity index (χ0v) is 16.8. The number of anilines is 1. The molecule has 1 aliphatic rings. The monoisotopic (exact) mass is 416 g/mol. The highest BCUT2D eigenvalue weighted by atomic mass is 32.1. The van der Waals surface area contributed by atoms with Crippen molar-refractivity contribution in [3.63, 3.8) is 0 Å². The summed E-state index contributed by atoms with van der Waals surface area (Å²) in [5.74, 6) is -2.90. The van der Waals surface area contributed by atoms with Crippen molar-refractivity contribution in [3.05, 3.63) is 76.5 Å². The van der Waals surface area contributed by atoms with E-state index in [-0.39, 0.29) is 10.7 Å². The van der Waals surface area contributed by atoms with E-state index in [9.17, 15) is 18.4 Å². The Morgan fingerprint density at radius 1 is 1.14 bits per heavy atom. The fourth-order valence-corrected chi connectivity index (χ4v) is 3.57. The molecule has 3 rings (SSSR count). The number of esters is 1. The number of allylic oxidation sites excluding steroid dienone is 1. The Balaban J connectivity index is 2.19. The van der Waals surface area contributed by atoms with Crippen LogP contribution < -0.4 is 10.2 Å². The van der Waals surface area contributed by atoms with E-state index in [0.29, 0.717) is 22.5 Å². The number of rotatable bonds is 4. The molecule has 0 amide bonds. The van der Waals surface area contributed by atoms with Crippen LogP contribution in [0, 0.1) is 18.6 Å². The molecule has 0 fully saturated rings. The Hall–Kier alpha value is -3.13. The molecule has 0 aliphatic carbocycles. The van der Waals surface area contributed by atoms with Gasteiger partial charge in [0.1, 0.15) is 11.6 Å². The Morgan fingerprint density at radius 3 is 2.48 bits per heavy atom. The molecule has 0 bridgehead atoms. The lowest BCUT2D eigenvalue weighted by molar-refractivity contribution is -0.150. The van der Waals surface area contributed by atoms with Gasteiger partial charge in [-0.2, -0.15) is 0 Å². The van der Waals surface area contributed by atoms with Gasteiger partial charge in [-0.3, -0.25) is 9.69 Å². The van der Waals surface area contributed by atoms with Crippen molar-refractivity contribution in [1.29, 1.82) is 0 Å². The number of aryl methyl sites for hydroxylation is 1. The van der Waals surface area contributed by atoms with E-state index in [4.69, 9.17) is 12.2 Å². The summed E-state index contributed by atoms with van der Waals surface area (Å²) >= 11 is 5.44. The predicted octanol–water partition coefficient (Wildman–Crippen LogP) is 3.73. The van der Waals surface area contributed by atoms with E-state index in [2.05, 4.69) is 10.1 Å². The fourth-order valence-electron chi connectivity index (χ4n) is 3.21. The molecule has 1 aliphatic heterocycles. The number of carbonyl (C=O) groups is 2. The topological polar surface area (TPSA) is 58.6 Å². The molecule has 2 aromatic rings. The highest BCUT2D eigenvalue weighted by Crippen LogP contribution is 2.34. The van der Waals surface area contributed by atoms with Gasteiger partial charge in [0.05, 0.1) is 24.4 Å². The van der Waals surface area contributed by atoms with Crippen molar-refractivity contribution >= 4 is 34.8 Å². The first-order valence-corrected chi connectivity index (χ1v) is 9.11. The minimum atomic E-state index is -1.06. The summed E-state index contributed by atoms with van der Waals surface area (Å²) in [7, 11) is 1.10. The van der Waals surface area contributed by atoms with Crippen LogP contribution in [-0.4, -0.2) is 24.0 Å². The third-order valence-corrected chi connectivity index (χ3v) is 5.00. The van der Waals surface area contributed by atoms with Gasteiger partial charge in [0.15, 0.2) is 5.11 Å². The molecule has 0 saturated carbocycles. The average molecular weight is 416 g/mol. The molecule has 5 nitrogen and oxygen atoms in total. The first-order chi connectivity index (χ1) is 13.7. The summed E-state index contributed by atoms with van der Waals surface area (Å²) in [6.45, 7) is 3.22. The van der Waals surface area contributed by atoms with Crippen molar-refractivity contribution in [2.24, 2.45) is 0 Å². The number of halogens is 2. The number of ether oxygens (including phenoxy) is 1. The van der Waals surface area contributed by atoms with E-state index < -0.39 is 29.4 Å². The number of benzene rings is 2. The number of ketones is 1. The minimum absolute atomic E-state index is 0.0389. The van der Waals surface area contributed by atoms with Gasteiger partial charge in [-0.25, -0.2) is 13.6 Å². The van der Waals surface area contributed by atoms with E-state index in [1.807, 2.05) is 0 Å². The molecule has 8 heteroatoms. The van der Waals surface area contributed by atoms with Gasteiger partial charge in [-0.15, -0.1) is 0 Å². The van der Waals surface area contributed by atoms with E-state index in [1.54, 1.807) is 32.0 Å². The molecule has 0 unspecified atom stereocenters. The second-order valence-electron chi connectivity index (χ2n) is 6.53. The summed E-state index contributed by atoms with van der Waals surface area (Å²) < 4.78 is 32.5. The van der Waals surface area contributed by atoms with E-state index in [0.717, 1.165) is 7.11 Å². The second kappa shape index (κ2) is 8.08. The van der Waals surface area contributed by atoms with Crippen LogP contribution in [0.1, 0.15) is 24.1 Å². The van der Waals surface area contributed by atoms with Crippen molar-refractivity contribution < 1.29 is 23.1 Å². The minimum Gasteiger partial charge on any atom is -0.463 e. The maximum absolute atomic E-state index is 14.1. The molecule has 1 heterocycles. The molecule has 29 heavy (non-hydrogen) atoms. The van der Waals surface area contributed by atoms with Crippen LogP contribution in [0.25, 0.3) is 0 Å². The normalized spacial score (nSPS) is 16.5. The summed E-state index contributed by atoms with van der Waals surface area (Å²) in [6, 6.07) is 9.28. The maximum Gasteiger partial charge on any atom is 0.379 e. The van der Waals surface area contributed by atoms with Gasteiger partial charge in [-0.1, -0.05) is 18.2 Å². The number of hydrogen-bond donors (Lipinski definition) is 1. The lowest BCUT2D eigenvalue weighted by atomic mass is 9.91. The number of hydrogen-bond acceptors (Lipinski definition) is 4. The molecule has 2 aromatic carbocycles. The number of nitrogens with zero attached hydrogens (tertiary/aromatic N) is 1. The predicted molar refractivity (Wildman–Crippen MR) is 108 cm³/mol. The maximum atomic E-state index is 14.1. The number of Topliss-reactive ketones (excluding diaryl/α,β-unsaturated/α-hetero) is 1. The SMILES string of the molecule is COC(=O)C(=O)C1=C(C)N(c2ccc(C)c(F)c2)C(=S)N[C@@H]1c1cccc(F)c1. The molecule has 0 aromatic heterocycles. The standard InChI is InChI=1S/C21H18F2N2O3S/c1-11-7-8-15(10-16(11)23)25-12(2)17(19(26)20(27)28-3)18(24-21(25)29)13-5-4-6-14(22)9-13/h4-10,18H,1-3H3,(H,24,29)/t18-/m1/s1. The van der Waals surface area contributed by atoms with E-state index >= 15 is 0 Å².